The fourth-order valence-electron chi connectivity index (χ4n) is 2.51. The highest BCUT2D eigenvalue weighted by Gasteiger charge is 2.30. The fraction of sp³-hybridized carbons (Fsp3) is 0.500. The maximum absolute atomic E-state index is 14.0. The summed E-state index contributed by atoms with van der Waals surface area (Å²) in [5, 5.41) is 12.8. The van der Waals surface area contributed by atoms with Crippen LogP contribution in [0.5, 0.6) is 17.2 Å². The number of ether oxygens (including phenoxy) is 2. The number of benzene rings is 1. The molecule has 0 spiro atoms. The molecule has 0 radical (unpaired) electrons. The average molecular weight is 239 g/mol. The molecule has 0 aromatic heterocycles. The minimum Gasteiger partial charge on any atom is -0.505 e. The third-order valence-corrected chi connectivity index (χ3v) is 3.36. The normalized spacial score (nSPS) is 19.6. The number of aromatic hydroxyl groups is 1. The van der Waals surface area contributed by atoms with Crippen LogP contribution in [0.1, 0.15) is 24.3 Å². The summed E-state index contributed by atoms with van der Waals surface area (Å²) in [5.74, 6) is 0.0624. The molecule has 0 bridgehead atoms. The van der Waals surface area contributed by atoms with Crippen LogP contribution in [-0.2, 0) is 0 Å². The van der Waals surface area contributed by atoms with Crippen LogP contribution in [0.15, 0.2) is 6.07 Å². The van der Waals surface area contributed by atoms with Crippen molar-refractivity contribution in [3.8, 4) is 17.2 Å². The number of rotatable bonds is 1. The molecule has 1 aromatic rings. The fourth-order valence-corrected chi connectivity index (χ4v) is 2.51. The van der Waals surface area contributed by atoms with E-state index in [0.29, 0.717) is 17.1 Å². The molecule has 0 saturated carbocycles. The van der Waals surface area contributed by atoms with Gasteiger partial charge in [0, 0.05) is 11.6 Å². The number of fused-ring (bicyclic) bond motifs is 1. The summed E-state index contributed by atoms with van der Waals surface area (Å²) >= 11 is 0. The number of phenolic OH excluding ortho intramolecular Hbond substituents is 1. The lowest BCUT2D eigenvalue weighted by Gasteiger charge is -2.24. The van der Waals surface area contributed by atoms with Crippen LogP contribution in [0.2, 0.25) is 0 Å². The quantitative estimate of drug-likeness (QED) is 0.783. The predicted molar refractivity (Wildman–Crippen MR) is 59.0 cm³/mol. The van der Waals surface area contributed by atoms with Crippen LogP contribution in [0, 0.1) is 5.82 Å². The minimum atomic E-state index is -0.568. The van der Waals surface area contributed by atoms with Gasteiger partial charge in [0.05, 0.1) is 0 Å². The Morgan fingerprint density at radius 1 is 1.29 bits per heavy atom. The summed E-state index contributed by atoms with van der Waals surface area (Å²) in [5.41, 5.74) is 0.471. The first kappa shape index (κ1) is 10.7. The molecule has 1 fully saturated rings. The van der Waals surface area contributed by atoms with Crippen molar-refractivity contribution in [1.29, 1.82) is 0 Å². The van der Waals surface area contributed by atoms with E-state index in [2.05, 4.69) is 5.32 Å². The van der Waals surface area contributed by atoms with Crippen molar-refractivity contribution in [2.45, 2.75) is 18.8 Å². The number of nitrogens with one attached hydrogen (secondary N) is 1. The second-order valence-electron chi connectivity index (χ2n) is 4.38. The summed E-state index contributed by atoms with van der Waals surface area (Å²) in [4.78, 5) is 0. The Hall–Kier alpha value is -1.49. The van der Waals surface area contributed by atoms with Crippen LogP contribution in [0.25, 0.3) is 0 Å². The molecule has 0 amide bonds. The van der Waals surface area contributed by atoms with Crippen molar-refractivity contribution >= 4 is 0 Å². The maximum Gasteiger partial charge on any atom is 0.231 e. The van der Waals surface area contributed by atoms with Crippen molar-refractivity contribution < 1.29 is 19.0 Å². The Balaban J connectivity index is 2.07. The van der Waals surface area contributed by atoms with Gasteiger partial charge in [0.2, 0.25) is 6.79 Å². The molecule has 2 N–H and O–H groups in total. The van der Waals surface area contributed by atoms with Gasteiger partial charge in [-0.2, -0.15) is 0 Å². The first-order valence-corrected chi connectivity index (χ1v) is 5.79. The summed E-state index contributed by atoms with van der Waals surface area (Å²) in [6.45, 7) is 1.81. The molecule has 2 aliphatic heterocycles. The van der Waals surface area contributed by atoms with Crippen molar-refractivity contribution in [1.82, 2.24) is 5.32 Å². The number of phenols is 1. The van der Waals surface area contributed by atoms with Gasteiger partial charge in [-0.1, -0.05) is 0 Å². The summed E-state index contributed by atoms with van der Waals surface area (Å²) in [6, 6.07) is 1.28. The molecule has 5 heteroatoms. The van der Waals surface area contributed by atoms with E-state index in [4.69, 9.17) is 9.47 Å². The maximum atomic E-state index is 14.0. The topological polar surface area (TPSA) is 50.7 Å². The lowest BCUT2D eigenvalue weighted by Crippen LogP contribution is -2.27. The Morgan fingerprint density at radius 3 is 2.82 bits per heavy atom. The number of hydrogen-bond donors (Lipinski definition) is 2. The zero-order valence-corrected chi connectivity index (χ0v) is 9.33. The Bertz CT molecular complexity index is 444. The summed E-state index contributed by atoms with van der Waals surface area (Å²) in [6.07, 6.45) is 1.69. The highest BCUT2D eigenvalue weighted by Crippen LogP contribution is 2.46. The van der Waals surface area contributed by atoms with Crippen molar-refractivity contribution in [3.63, 3.8) is 0 Å². The van der Waals surface area contributed by atoms with E-state index < -0.39 is 5.82 Å². The monoisotopic (exact) mass is 239 g/mol. The molecule has 4 nitrogen and oxygen atoms in total. The van der Waals surface area contributed by atoms with Crippen molar-refractivity contribution in [3.05, 3.63) is 17.4 Å². The Morgan fingerprint density at radius 2 is 2.06 bits per heavy atom. The Labute approximate surface area is 98.3 Å². The molecule has 1 saturated heterocycles. The molecule has 0 atom stereocenters. The van der Waals surface area contributed by atoms with Crippen LogP contribution >= 0.6 is 0 Å². The third kappa shape index (κ3) is 1.70. The van der Waals surface area contributed by atoms with Gasteiger partial charge in [-0.3, -0.25) is 0 Å². The molecule has 1 aromatic carbocycles. The summed E-state index contributed by atoms with van der Waals surface area (Å²) in [7, 11) is 0. The molecule has 3 rings (SSSR count). The molecule has 92 valence electrons. The lowest BCUT2D eigenvalue weighted by molar-refractivity contribution is 0.172. The molecular formula is C12H14FNO3. The van der Waals surface area contributed by atoms with Gasteiger partial charge >= 0.3 is 0 Å². The highest BCUT2D eigenvalue weighted by atomic mass is 19.1. The predicted octanol–water partition coefficient (Wildman–Crippen LogP) is 1.73. The van der Waals surface area contributed by atoms with E-state index in [0.717, 1.165) is 25.9 Å². The molecular weight excluding hydrogens is 225 g/mol. The smallest absolute Gasteiger partial charge is 0.231 e. The van der Waals surface area contributed by atoms with Crippen LogP contribution < -0.4 is 14.8 Å². The van der Waals surface area contributed by atoms with Gasteiger partial charge in [-0.05, 0) is 31.8 Å². The zero-order valence-electron chi connectivity index (χ0n) is 9.33. The first-order chi connectivity index (χ1) is 8.27. The van der Waals surface area contributed by atoms with Gasteiger partial charge in [-0.15, -0.1) is 0 Å². The van der Waals surface area contributed by atoms with Gasteiger partial charge in [-0.25, -0.2) is 4.39 Å². The molecule has 0 unspecified atom stereocenters. The van der Waals surface area contributed by atoms with Crippen molar-refractivity contribution in [2.24, 2.45) is 0 Å². The van der Waals surface area contributed by atoms with Gasteiger partial charge in [0.1, 0.15) is 0 Å². The highest BCUT2D eigenvalue weighted by molar-refractivity contribution is 5.55. The van der Waals surface area contributed by atoms with E-state index in [1.165, 1.54) is 6.07 Å². The van der Waals surface area contributed by atoms with Gasteiger partial charge in [0.15, 0.2) is 23.1 Å². The van der Waals surface area contributed by atoms with Crippen LogP contribution in [0.3, 0.4) is 0 Å². The number of hydrogen-bond acceptors (Lipinski definition) is 4. The van der Waals surface area contributed by atoms with Gasteiger partial charge < -0.3 is 19.9 Å². The van der Waals surface area contributed by atoms with Crippen LogP contribution in [0.4, 0.5) is 4.39 Å². The summed E-state index contributed by atoms with van der Waals surface area (Å²) < 4.78 is 24.6. The van der Waals surface area contributed by atoms with Crippen LogP contribution in [-0.4, -0.2) is 25.0 Å². The zero-order chi connectivity index (χ0) is 11.8. The largest absolute Gasteiger partial charge is 0.505 e. The SMILES string of the molecule is Oc1cc2c(c(C3CCNCC3)c1F)OCO2. The van der Waals surface area contributed by atoms with E-state index in [9.17, 15) is 9.50 Å². The minimum absolute atomic E-state index is 0.0822. The molecule has 2 heterocycles. The lowest BCUT2D eigenvalue weighted by atomic mass is 9.88. The van der Waals surface area contributed by atoms with E-state index >= 15 is 0 Å². The molecule has 2 aliphatic rings. The molecule has 0 aliphatic carbocycles. The number of piperidine rings is 1. The second kappa shape index (κ2) is 4.07. The number of halogens is 1. The third-order valence-electron chi connectivity index (χ3n) is 3.36. The van der Waals surface area contributed by atoms with E-state index in [1.54, 1.807) is 0 Å². The van der Waals surface area contributed by atoms with Crippen molar-refractivity contribution in [2.75, 3.05) is 19.9 Å². The van der Waals surface area contributed by atoms with E-state index in [1.807, 2.05) is 0 Å². The standard InChI is InChI=1S/C12H14FNO3/c13-11-8(15)5-9-12(17-6-16-9)10(11)7-1-3-14-4-2-7/h5,7,14-15H,1-4,6H2. The van der Waals surface area contributed by atoms with E-state index in [-0.39, 0.29) is 18.5 Å². The van der Waals surface area contributed by atoms with Gasteiger partial charge in [0.25, 0.3) is 0 Å². The first-order valence-electron chi connectivity index (χ1n) is 5.79. The average Bonchev–Trinajstić information content (AvgIpc) is 2.79. The Kier molecular flexibility index (Phi) is 2.55. The molecule has 17 heavy (non-hydrogen) atoms. The second-order valence-corrected chi connectivity index (χ2v) is 4.38.